The van der Waals surface area contributed by atoms with Crippen molar-refractivity contribution in [3.63, 3.8) is 0 Å². The highest BCUT2D eigenvalue weighted by molar-refractivity contribution is 6.35. The Morgan fingerprint density at radius 3 is 2.67 bits per heavy atom. The fourth-order valence-corrected chi connectivity index (χ4v) is 2.46. The number of aliphatic carboxylic acids is 1. The first-order valence-corrected chi connectivity index (χ1v) is 6.28. The predicted octanol–water partition coefficient (Wildman–Crippen LogP) is 3.68. The number of carboxylic acids is 1. The van der Waals surface area contributed by atoms with Gasteiger partial charge < -0.3 is 9.67 Å². The molecule has 1 aromatic carbocycles. The molecule has 0 unspecified atom stereocenters. The Hall–Kier alpha value is -1.48. The molecule has 0 aliphatic heterocycles. The number of benzene rings is 1. The number of carboxylic acid groups (broad SMARTS) is 1. The molecule has 0 aliphatic rings. The van der Waals surface area contributed by atoms with Gasteiger partial charge in [-0.1, -0.05) is 23.7 Å². The van der Waals surface area contributed by atoms with E-state index in [0.29, 0.717) is 5.02 Å². The molecule has 1 aromatic heterocycles. The summed E-state index contributed by atoms with van der Waals surface area (Å²) >= 11 is 6.22. The summed E-state index contributed by atoms with van der Waals surface area (Å²) in [7, 11) is 0. The average Bonchev–Trinajstić information content (AvgIpc) is 2.69. The minimum atomic E-state index is -0.927. The van der Waals surface area contributed by atoms with Crippen molar-refractivity contribution in [1.29, 1.82) is 0 Å². The molecule has 0 atom stereocenters. The van der Waals surface area contributed by atoms with E-state index in [1.807, 2.05) is 35.9 Å². The Labute approximate surface area is 111 Å². The number of aryl methyl sites for hydroxylation is 1. The van der Waals surface area contributed by atoms with E-state index < -0.39 is 11.4 Å². The van der Waals surface area contributed by atoms with Crippen molar-refractivity contribution >= 4 is 28.5 Å². The lowest BCUT2D eigenvalue weighted by Gasteiger charge is -2.18. The Morgan fingerprint density at radius 2 is 2.11 bits per heavy atom. The summed E-state index contributed by atoms with van der Waals surface area (Å²) in [6, 6.07) is 5.60. The fraction of sp³-hybridized carbons (Fsp3) is 0.357. The van der Waals surface area contributed by atoms with E-state index in [2.05, 4.69) is 0 Å². The van der Waals surface area contributed by atoms with Gasteiger partial charge in [-0.15, -0.1) is 0 Å². The monoisotopic (exact) mass is 265 g/mol. The molecule has 0 amide bonds. The van der Waals surface area contributed by atoms with Gasteiger partial charge in [-0.2, -0.15) is 0 Å². The smallest absolute Gasteiger partial charge is 0.313 e. The zero-order valence-corrected chi connectivity index (χ0v) is 11.5. The summed E-state index contributed by atoms with van der Waals surface area (Å²) in [5, 5.41) is 10.9. The Balaban J connectivity index is 2.82. The number of aromatic nitrogens is 1. The number of fused-ring (bicyclic) bond motifs is 1. The number of halogens is 1. The number of carbonyl (C=O) groups is 1. The molecule has 4 heteroatoms. The zero-order chi connectivity index (χ0) is 13.5. The molecule has 1 N–H and O–H groups in total. The second kappa shape index (κ2) is 4.32. The van der Waals surface area contributed by atoms with Crippen LogP contribution in [0.3, 0.4) is 0 Å². The second-order valence-corrected chi connectivity index (χ2v) is 5.30. The minimum absolute atomic E-state index is 0.654. The number of nitrogens with zero attached hydrogens (tertiary/aromatic N) is 1. The molecule has 0 spiro atoms. The van der Waals surface area contributed by atoms with Gasteiger partial charge in [-0.05, 0) is 32.4 Å². The third kappa shape index (κ3) is 1.79. The van der Waals surface area contributed by atoms with E-state index in [1.165, 1.54) is 0 Å². The molecule has 0 fully saturated rings. The molecule has 96 valence electrons. The third-order valence-corrected chi connectivity index (χ3v) is 3.70. The molecular formula is C14H16ClNO2. The normalized spacial score (nSPS) is 12.0. The maximum Gasteiger partial charge on any atom is 0.313 e. The molecule has 2 rings (SSSR count). The van der Waals surface area contributed by atoms with Crippen LogP contribution in [-0.2, 0) is 16.8 Å². The van der Waals surface area contributed by atoms with Crippen LogP contribution in [0.25, 0.3) is 10.9 Å². The Morgan fingerprint density at radius 1 is 1.44 bits per heavy atom. The van der Waals surface area contributed by atoms with Crippen molar-refractivity contribution < 1.29 is 9.90 Å². The summed E-state index contributed by atoms with van der Waals surface area (Å²) < 4.78 is 2.00. The lowest BCUT2D eigenvalue weighted by Crippen LogP contribution is -2.28. The molecule has 0 saturated heterocycles. The quantitative estimate of drug-likeness (QED) is 0.920. The SMILES string of the molecule is CCn1cc(C(C)(C)C(=O)O)c2cccc(Cl)c21. The van der Waals surface area contributed by atoms with Gasteiger partial charge in [-0.25, -0.2) is 0 Å². The van der Waals surface area contributed by atoms with Crippen molar-refractivity contribution in [3.05, 3.63) is 35.0 Å². The van der Waals surface area contributed by atoms with E-state index >= 15 is 0 Å². The topological polar surface area (TPSA) is 42.2 Å². The number of hydrogen-bond donors (Lipinski definition) is 1. The van der Waals surface area contributed by atoms with Crippen molar-refractivity contribution in [2.45, 2.75) is 32.7 Å². The van der Waals surface area contributed by atoms with Crippen LogP contribution in [0.4, 0.5) is 0 Å². The van der Waals surface area contributed by atoms with E-state index in [-0.39, 0.29) is 0 Å². The summed E-state index contributed by atoms with van der Waals surface area (Å²) in [4.78, 5) is 11.4. The van der Waals surface area contributed by atoms with Crippen LogP contribution in [0.1, 0.15) is 26.3 Å². The second-order valence-electron chi connectivity index (χ2n) is 4.89. The highest BCUT2D eigenvalue weighted by Gasteiger charge is 2.32. The number of para-hydroxylation sites is 1. The molecular weight excluding hydrogens is 250 g/mol. The van der Waals surface area contributed by atoms with Crippen LogP contribution < -0.4 is 0 Å². The van der Waals surface area contributed by atoms with Gasteiger partial charge in [0.25, 0.3) is 0 Å². The molecule has 0 saturated carbocycles. The van der Waals surface area contributed by atoms with Crippen molar-refractivity contribution in [3.8, 4) is 0 Å². The third-order valence-electron chi connectivity index (χ3n) is 3.40. The van der Waals surface area contributed by atoms with Gasteiger partial charge >= 0.3 is 5.97 Å². The highest BCUT2D eigenvalue weighted by Crippen LogP contribution is 2.35. The molecule has 0 aliphatic carbocycles. The number of rotatable bonds is 3. The molecule has 3 nitrogen and oxygen atoms in total. The van der Waals surface area contributed by atoms with E-state index in [4.69, 9.17) is 11.6 Å². The summed E-state index contributed by atoms with van der Waals surface area (Å²) in [6.07, 6.45) is 1.89. The first-order valence-electron chi connectivity index (χ1n) is 5.90. The summed E-state index contributed by atoms with van der Waals surface area (Å²) in [5.41, 5.74) is 0.781. The standard InChI is InChI=1S/C14H16ClNO2/c1-4-16-8-10(14(2,3)13(17)18)9-6-5-7-11(15)12(9)16/h5-8H,4H2,1-3H3,(H,17,18). The molecule has 2 aromatic rings. The molecule has 0 bridgehead atoms. The van der Waals surface area contributed by atoms with E-state index in [1.54, 1.807) is 13.8 Å². The highest BCUT2D eigenvalue weighted by atomic mass is 35.5. The minimum Gasteiger partial charge on any atom is -0.481 e. The lowest BCUT2D eigenvalue weighted by atomic mass is 9.85. The van der Waals surface area contributed by atoms with Gasteiger partial charge in [-0.3, -0.25) is 4.79 Å². The van der Waals surface area contributed by atoms with Crippen LogP contribution in [0, 0.1) is 0 Å². The van der Waals surface area contributed by atoms with Gasteiger partial charge in [0, 0.05) is 18.1 Å². The first-order chi connectivity index (χ1) is 8.39. The Kier molecular flexibility index (Phi) is 3.11. The summed E-state index contributed by atoms with van der Waals surface area (Å²) in [5.74, 6) is -0.836. The van der Waals surface area contributed by atoms with Crippen LogP contribution in [0.15, 0.2) is 24.4 Å². The largest absolute Gasteiger partial charge is 0.481 e. The molecule has 1 heterocycles. The van der Waals surface area contributed by atoms with E-state index in [9.17, 15) is 9.90 Å². The molecule has 0 radical (unpaired) electrons. The van der Waals surface area contributed by atoms with Crippen LogP contribution in [-0.4, -0.2) is 15.6 Å². The van der Waals surface area contributed by atoms with Crippen molar-refractivity contribution in [2.24, 2.45) is 0 Å². The van der Waals surface area contributed by atoms with Crippen LogP contribution in [0.2, 0.25) is 5.02 Å². The maximum atomic E-state index is 11.4. The van der Waals surface area contributed by atoms with Gasteiger partial charge in [0.05, 0.1) is 16.0 Å². The maximum absolute atomic E-state index is 11.4. The Bertz CT molecular complexity index is 614. The van der Waals surface area contributed by atoms with Crippen molar-refractivity contribution in [2.75, 3.05) is 0 Å². The summed E-state index contributed by atoms with van der Waals surface area (Å²) in [6.45, 7) is 6.20. The van der Waals surface area contributed by atoms with Gasteiger partial charge in [0.1, 0.15) is 0 Å². The first kappa shape index (κ1) is 13.0. The molecule has 18 heavy (non-hydrogen) atoms. The van der Waals surface area contributed by atoms with Crippen LogP contribution >= 0.6 is 11.6 Å². The van der Waals surface area contributed by atoms with E-state index in [0.717, 1.165) is 23.0 Å². The predicted molar refractivity (Wildman–Crippen MR) is 73.3 cm³/mol. The number of hydrogen-bond acceptors (Lipinski definition) is 1. The van der Waals surface area contributed by atoms with Gasteiger partial charge in [0.15, 0.2) is 0 Å². The van der Waals surface area contributed by atoms with Crippen LogP contribution in [0.5, 0.6) is 0 Å². The van der Waals surface area contributed by atoms with Crippen molar-refractivity contribution in [1.82, 2.24) is 4.57 Å². The van der Waals surface area contributed by atoms with Gasteiger partial charge in [0.2, 0.25) is 0 Å². The average molecular weight is 266 g/mol. The zero-order valence-electron chi connectivity index (χ0n) is 10.7. The lowest BCUT2D eigenvalue weighted by molar-refractivity contribution is -0.142. The fourth-order valence-electron chi connectivity index (χ4n) is 2.18.